The molecule has 0 saturated carbocycles. The topological polar surface area (TPSA) is 56.8 Å². The third-order valence-corrected chi connectivity index (χ3v) is 1.74. The monoisotopic (exact) mass is 202 g/mol. The van der Waals surface area contributed by atoms with E-state index in [4.69, 9.17) is 15.3 Å². The standard InChI is InChI=1S/C11H7FN2O/c1-15-11(9(6-13)7-14)8-3-2-4-10(12)5-8/h2-5H,1H3. The fourth-order valence-electron chi connectivity index (χ4n) is 1.12. The molecule has 4 heteroatoms. The van der Waals surface area contributed by atoms with Crippen LogP contribution in [-0.2, 0) is 4.74 Å². The lowest BCUT2D eigenvalue weighted by Gasteiger charge is -2.05. The maximum atomic E-state index is 12.9. The van der Waals surface area contributed by atoms with Crippen molar-refractivity contribution in [3.05, 3.63) is 41.2 Å². The van der Waals surface area contributed by atoms with Crippen molar-refractivity contribution in [1.82, 2.24) is 0 Å². The number of hydrogen-bond donors (Lipinski definition) is 0. The van der Waals surface area contributed by atoms with Gasteiger partial charge in [0.1, 0.15) is 18.0 Å². The zero-order valence-electron chi connectivity index (χ0n) is 7.99. The summed E-state index contributed by atoms with van der Waals surface area (Å²) in [6.07, 6.45) is 0. The third-order valence-electron chi connectivity index (χ3n) is 1.74. The minimum absolute atomic E-state index is 0.0829. The van der Waals surface area contributed by atoms with Crippen LogP contribution in [-0.4, -0.2) is 7.11 Å². The minimum Gasteiger partial charge on any atom is -0.494 e. The van der Waals surface area contributed by atoms with Crippen LogP contribution in [0.25, 0.3) is 5.76 Å². The Kier molecular flexibility index (Phi) is 3.43. The zero-order chi connectivity index (χ0) is 11.3. The van der Waals surface area contributed by atoms with Gasteiger partial charge in [0, 0.05) is 5.56 Å². The van der Waals surface area contributed by atoms with Gasteiger partial charge in [0.25, 0.3) is 0 Å². The Hall–Kier alpha value is -2.33. The average molecular weight is 202 g/mol. The van der Waals surface area contributed by atoms with Gasteiger partial charge in [0.15, 0.2) is 11.3 Å². The number of nitriles is 2. The van der Waals surface area contributed by atoms with Crippen molar-refractivity contribution in [1.29, 1.82) is 10.5 Å². The first-order chi connectivity index (χ1) is 7.22. The Labute approximate surface area is 86.6 Å². The van der Waals surface area contributed by atoms with Crippen LogP contribution in [0.15, 0.2) is 29.8 Å². The Morgan fingerprint density at radius 3 is 2.47 bits per heavy atom. The molecular formula is C11H7FN2O. The van der Waals surface area contributed by atoms with Crippen molar-refractivity contribution < 1.29 is 9.13 Å². The van der Waals surface area contributed by atoms with E-state index in [1.165, 1.54) is 25.3 Å². The summed E-state index contributed by atoms with van der Waals surface area (Å²) in [6, 6.07) is 8.91. The maximum absolute atomic E-state index is 12.9. The Bertz CT molecular complexity index is 464. The summed E-state index contributed by atoms with van der Waals surface area (Å²) in [5, 5.41) is 17.3. The molecule has 1 rings (SSSR count). The lowest BCUT2D eigenvalue weighted by molar-refractivity contribution is 0.368. The number of halogens is 1. The Balaban J connectivity index is 3.33. The van der Waals surface area contributed by atoms with Gasteiger partial charge in [-0.05, 0) is 12.1 Å². The van der Waals surface area contributed by atoms with Gasteiger partial charge in [-0.25, -0.2) is 4.39 Å². The van der Waals surface area contributed by atoms with Crippen LogP contribution in [0.3, 0.4) is 0 Å². The number of ether oxygens (including phenoxy) is 1. The van der Waals surface area contributed by atoms with Crippen LogP contribution in [0, 0.1) is 28.5 Å². The summed E-state index contributed by atoms with van der Waals surface area (Å²) in [5.74, 6) is -0.364. The van der Waals surface area contributed by atoms with Gasteiger partial charge >= 0.3 is 0 Å². The number of benzene rings is 1. The summed E-state index contributed by atoms with van der Waals surface area (Å²) in [7, 11) is 1.33. The molecular weight excluding hydrogens is 195 g/mol. The van der Waals surface area contributed by atoms with Gasteiger partial charge < -0.3 is 4.74 Å². The van der Waals surface area contributed by atoms with Crippen molar-refractivity contribution in [2.45, 2.75) is 0 Å². The number of allylic oxidation sites excluding steroid dienone is 1. The molecule has 0 N–H and O–H groups in total. The van der Waals surface area contributed by atoms with E-state index in [1.807, 2.05) is 0 Å². The van der Waals surface area contributed by atoms with E-state index in [9.17, 15) is 4.39 Å². The second-order valence-corrected chi connectivity index (χ2v) is 2.64. The molecule has 0 atom stereocenters. The number of rotatable bonds is 2. The molecule has 0 aliphatic rings. The second-order valence-electron chi connectivity index (χ2n) is 2.64. The fourth-order valence-corrected chi connectivity index (χ4v) is 1.12. The van der Waals surface area contributed by atoms with Crippen LogP contribution < -0.4 is 0 Å². The molecule has 0 aliphatic heterocycles. The number of hydrogen-bond acceptors (Lipinski definition) is 3. The van der Waals surface area contributed by atoms with Crippen LogP contribution in [0.1, 0.15) is 5.56 Å². The summed E-state index contributed by atoms with van der Waals surface area (Å²) in [4.78, 5) is 0. The van der Waals surface area contributed by atoms with Crippen LogP contribution in [0.4, 0.5) is 4.39 Å². The summed E-state index contributed by atoms with van der Waals surface area (Å²) >= 11 is 0. The summed E-state index contributed by atoms with van der Waals surface area (Å²) in [6.45, 7) is 0. The van der Waals surface area contributed by atoms with Gasteiger partial charge in [-0.1, -0.05) is 12.1 Å². The molecule has 0 spiro atoms. The van der Waals surface area contributed by atoms with Crippen molar-refractivity contribution in [2.75, 3.05) is 7.11 Å². The maximum Gasteiger partial charge on any atom is 0.172 e. The average Bonchev–Trinajstić information content (AvgIpc) is 2.25. The van der Waals surface area contributed by atoms with E-state index in [0.29, 0.717) is 5.56 Å². The van der Waals surface area contributed by atoms with Gasteiger partial charge in [-0.3, -0.25) is 0 Å². The number of nitrogens with zero attached hydrogens (tertiary/aromatic N) is 2. The molecule has 15 heavy (non-hydrogen) atoms. The summed E-state index contributed by atoms with van der Waals surface area (Å²) < 4.78 is 17.8. The highest BCUT2D eigenvalue weighted by Gasteiger charge is 2.09. The van der Waals surface area contributed by atoms with Crippen molar-refractivity contribution >= 4 is 5.76 Å². The Morgan fingerprint density at radius 1 is 1.33 bits per heavy atom. The van der Waals surface area contributed by atoms with Crippen molar-refractivity contribution in [3.8, 4) is 12.1 Å². The molecule has 1 aromatic rings. The first kappa shape index (κ1) is 10.7. The minimum atomic E-state index is -0.447. The van der Waals surface area contributed by atoms with Crippen LogP contribution in [0.5, 0.6) is 0 Å². The molecule has 1 aromatic carbocycles. The number of methoxy groups -OCH3 is 1. The van der Waals surface area contributed by atoms with Crippen molar-refractivity contribution in [3.63, 3.8) is 0 Å². The SMILES string of the molecule is COC(=C(C#N)C#N)c1cccc(F)c1. The van der Waals surface area contributed by atoms with E-state index < -0.39 is 5.82 Å². The van der Waals surface area contributed by atoms with Gasteiger partial charge in [-0.15, -0.1) is 0 Å². The van der Waals surface area contributed by atoms with E-state index in [0.717, 1.165) is 0 Å². The van der Waals surface area contributed by atoms with E-state index >= 15 is 0 Å². The molecule has 0 amide bonds. The first-order valence-corrected chi connectivity index (χ1v) is 4.07. The lowest BCUT2D eigenvalue weighted by atomic mass is 10.1. The third kappa shape index (κ3) is 2.32. The molecule has 0 fully saturated rings. The van der Waals surface area contributed by atoms with E-state index in [2.05, 4.69) is 0 Å². The van der Waals surface area contributed by atoms with Crippen LogP contribution >= 0.6 is 0 Å². The molecule has 0 bridgehead atoms. The Morgan fingerprint density at radius 2 is 2.00 bits per heavy atom. The first-order valence-electron chi connectivity index (χ1n) is 4.07. The molecule has 0 aromatic heterocycles. The van der Waals surface area contributed by atoms with Crippen LogP contribution in [0.2, 0.25) is 0 Å². The lowest BCUT2D eigenvalue weighted by Crippen LogP contribution is -1.92. The largest absolute Gasteiger partial charge is 0.494 e. The molecule has 3 nitrogen and oxygen atoms in total. The van der Waals surface area contributed by atoms with Crippen molar-refractivity contribution in [2.24, 2.45) is 0 Å². The van der Waals surface area contributed by atoms with E-state index in [-0.39, 0.29) is 11.3 Å². The normalized spacial score (nSPS) is 8.53. The van der Waals surface area contributed by atoms with Gasteiger partial charge in [-0.2, -0.15) is 10.5 Å². The molecule has 0 heterocycles. The van der Waals surface area contributed by atoms with E-state index in [1.54, 1.807) is 18.2 Å². The quantitative estimate of drug-likeness (QED) is 0.545. The molecule has 74 valence electrons. The molecule has 0 unspecified atom stereocenters. The highest BCUT2D eigenvalue weighted by atomic mass is 19.1. The summed E-state index contributed by atoms with van der Waals surface area (Å²) in [5.41, 5.74) is 0.193. The van der Waals surface area contributed by atoms with Gasteiger partial charge in [0.2, 0.25) is 0 Å². The highest BCUT2D eigenvalue weighted by molar-refractivity contribution is 5.70. The highest BCUT2D eigenvalue weighted by Crippen LogP contribution is 2.19. The smallest absolute Gasteiger partial charge is 0.172 e. The molecule has 0 aliphatic carbocycles. The van der Waals surface area contributed by atoms with Gasteiger partial charge in [0.05, 0.1) is 7.11 Å². The molecule has 0 saturated heterocycles. The fraction of sp³-hybridized carbons (Fsp3) is 0.0909. The second kappa shape index (κ2) is 4.78. The predicted octanol–water partition coefficient (Wildman–Crippen LogP) is 2.23. The molecule has 0 radical (unpaired) electrons. The zero-order valence-corrected chi connectivity index (χ0v) is 7.99. The predicted molar refractivity (Wildman–Crippen MR) is 51.6 cm³/mol.